The van der Waals surface area contributed by atoms with E-state index in [4.69, 9.17) is 0 Å². The first kappa shape index (κ1) is 17.2. The lowest BCUT2D eigenvalue weighted by Crippen LogP contribution is -2.30. The highest BCUT2D eigenvalue weighted by molar-refractivity contribution is 8.02. The monoisotopic (exact) mass is 356 g/mol. The van der Waals surface area contributed by atoms with Gasteiger partial charge in [-0.05, 0) is 24.3 Å². The molecule has 2 rings (SSSR count). The number of carbonyl (C=O) groups excluding carboxylic acids is 1. The van der Waals surface area contributed by atoms with Crippen molar-refractivity contribution < 1.29 is 4.79 Å². The number of amides is 1. The molecular weight excluding hydrogens is 336 g/mol. The number of rotatable bonds is 8. The van der Waals surface area contributed by atoms with Crippen LogP contribution in [0.25, 0.3) is 0 Å². The number of aromatic nitrogens is 2. The van der Waals surface area contributed by atoms with Crippen LogP contribution in [-0.2, 0) is 11.3 Å². The van der Waals surface area contributed by atoms with E-state index in [1.165, 1.54) is 23.1 Å². The van der Waals surface area contributed by atoms with Gasteiger partial charge in [0.1, 0.15) is 0 Å². The molecule has 1 atom stereocenters. The highest BCUT2D eigenvalue weighted by atomic mass is 32.2. The van der Waals surface area contributed by atoms with Crippen LogP contribution >= 0.6 is 34.4 Å². The first-order chi connectivity index (χ1) is 10.5. The summed E-state index contributed by atoms with van der Waals surface area (Å²) in [6.45, 7) is 7.62. The van der Waals surface area contributed by atoms with Crippen molar-refractivity contribution in [1.29, 1.82) is 0 Å². The lowest BCUT2D eigenvalue weighted by Gasteiger charge is -2.09. The maximum Gasteiger partial charge on any atom is 0.233 e. The Morgan fingerprint density at radius 1 is 1.36 bits per heavy atom. The second-order valence-corrected chi connectivity index (χ2v) is 8.80. The highest BCUT2D eigenvalue weighted by Crippen LogP contribution is 2.29. The molecule has 1 amide bonds. The Morgan fingerprint density at radius 3 is 2.86 bits per heavy atom. The Morgan fingerprint density at radius 2 is 2.18 bits per heavy atom. The van der Waals surface area contributed by atoms with Gasteiger partial charge in [0.15, 0.2) is 4.34 Å². The van der Waals surface area contributed by atoms with Gasteiger partial charge in [-0.1, -0.05) is 43.0 Å². The van der Waals surface area contributed by atoms with Crippen molar-refractivity contribution in [2.45, 2.75) is 36.9 Å². The number of hydrogen-bond donors (Lipinski definition) is 2. The largest absolute Gasteiger partial charge is 0.360 e. The summed E-state index contributed by atoms with van der Waals surface area (Å²) in [6.07, 6.45) is 0. The maximum absolute atomic E-state index is 12.1. The molecule has 120 valence electrons. The second-order valence-electron chi connectivity index (χ2n) is 5.21. The van der Waals surface area contributed by atoms with Gasteiger partial charge < -0.3 is 10.6 Å². The van der Waals surface area contributed by atoms with Crippen LogP contribution in [0.2, 0.25) is 0 Å². The minimum atomic E-state index is -0.189. The Balaban J connectivity index is 1.78. The average Bonchev–Trinajstić information content (AvgIpc) is 3.14. The van der Waals surface area contributed by atoms with E-state index in [0.717, 1.165) is 20.9 Å². The average molecular weight is 357 g/mol. The zero-order chi connectivity index (χ0) is 15.9. The van der Waals surface area contributed by atoms with Crippen molar-refractivity contribution in [2.24, 2.45) is 5.92 Å². The molecule has 2 N–H and O–H groups in total. The quantitative estimate of drug-likeness (QED) is 0.709. The van der Waals surface area contributed by atoms with E-state index in [1.807, 2.05) is 24.4 Å². The van der Waals surface area contributed by atoms with Crippen LogP contribution in [0.1, 0.15) is 25.6 Å². The number of carbonyl (C=O) groups is 1. The summed E-state index contributed by atoms with van der Waals surface area (Å²) in [5, 5.41) is 17.0. The summed E-state index contributed by atoms with van der Waals surface area (Å²) in [5.74, 6) is 0.576. The summed E-state index contributed by atoms with van der Waals surface area (Å²) in [4.78, 5) is 13.2. The number of anilines is 1. The standard InChI is InChI=1S/C14H20N4OS3/c1-9(2)7-16-13-17-18-14(22-13)21-10(3)12(19)15-8-11-5-4-6-20-11/h4-6,9-10H,7-8H2,1-3H3,(H,15,19)(H,16,17). The van der Waals surface area contributed by atoms with Gasteiger partial charge in [0.05, 0.1) is 11.8 Å². The van der Waals surface area contributed by atoms with E-state index in [0.29, 0.717) is 12.5 Å². The van der Waals surface area contributed by atoms with Crippen LogP contribution in [-0.4, -0.2) is 27.9 Å². The summed E-state index contributed by atoms with van der Waals surface area (Å²) < 4.78 is 0.810. The number of thioether (sulfide) groups is 1. The van der Waals surface area contributed by atoms with Crippen LogP contribution in [0.4, 0.5) is 5.13 Å². The summed E-state index contributed by atoms with van der Waals surface area (Å²) in [7, 11) is 0. The molecule has 0 saturated carbocycles. The van der Waals surface area contributed by atoms with Gasteiger partial charge in [-0.3, -0.25) is 4.79 Å². The van der Waals surface area contributed by atoms with Crippen molar-refractivity contribution in [2.75, 3.05) is 11.9 Å². The molecule has 0 aliphatic carbocycles. The van der Waals surface area contributed by atoms with Gasteiger partial charge in [0.2, 0.25) is 11.0 Å². The van der Waals surface area contributed by atoms with E-state index in [9.17, 15) is 4.79 Å². The molecule has 0 radical (unpaired) electrons. The van der Waals surface area contributed by atoms with Gasteiger partial charge >= 0.3 is 0 Å². The number of thiophene rings is 1. The fourth-order valence-corrected chi connectivity index (χ4v) is 4.13. The van der Waals surface area contributed by atoms with Crippen molar-refractivity contribution in [3.05, 3.63) is 22.4 Å². The molecule has 0 aromatic carbocycles. The highest BCUT2D eigenvalue weighted by Gasteiger charge is 2.17. The molecular formula is C14H20N4OS3. The Labute approximate surface area is 142 Å². The lowest BCUT2D eigenvalue weighted by molar-refractivity contribution is -0.120. The van der Waals surface area contributed by atoms with Gasteiger partial charge in [0.25, 0.3) is 0 Å². The Kier molecular flexibility index (Phi) is 6.66. The van der Waals surface area contributed by atoms with Crippen LogP contribution in [0.3, 0.4) is 0 Å². The van der Waals surface area contributed by atoms with Crippen LogP contribution in [0.5, 0.6) is 0 Å². The molecule has 2 aromatic heterocycles. The summed E-state index contributed by atoms with van der Waals surface area (Å²) >= 11 is 4.57. The molecule has 2 heterocycles. The minimum Gasteiger partial charge on any atom is -0.360 e. The number of nitrogens with one attached hydrogen (secondary N) is 2. The predicted octanol–water partition coefficient (Wildman–Crippen LogP) is 3.46. The molecule has 5 nitrogen and oxygen atoms in total. The molecule has 1 unspecified atom stereocenters. The van der Waals surface area contributed by atoms with Crippen molar-refractivity contribution in [1.82, 2.24) is 15.5 Å². The molecule has 22 heavy (non-hydrogen) atoms. The van der Waals surface area contributed by atoms with E-state index in [2.05, 4.69) is 34.7 Å². The van der Waals surface area contributed by atoms with Gasteiger partial charge in [-0.15, -0.1) is 21.5 Å². The van der Waals surface area contributed by atoms with Crippen LogP contribution in [0.15, 0.2) is 21.9 Å². The van der Waals surface area contributed by atoms with Crippen molar-refractivity contribution in [3.8, 4) is 0 Å². The van der Waals surface area contributed by atoms with E-state index < -0.39 is 0 Å². The lowest BCUT2D eigenvalue weighted by atomic mass is 10.2. The molecule has 8 heteroatoms. The molecule has 0 saturated heterocycles. The van der Waals surface area contributed by atoms with Crippen LogP contribution < -0.4 is 10.6 Å². The zero-order valence-corrected chi connectivity index (χ0v) is 15.3. The Bertz CT molecular complexity index is 583. The first-order valence-corrected chi connectivity index (χ1v) is 9.66. The third kappa shape index (κ3) is 5.58. The minimum absolute atomic E-state index is 0.0188. The normalized spacial score (nSPS) is 12.4. The van der Waals surface area contributed by atoms with Gasteiger partial charge in [0, 0.05) is 11.4 Å². The van der Waals surface area contributed by atoms with Gasteiger partial charge in [-0.2, -0.15) is 0 Å². The number of nitrogens with zero attached hydrogens (tertiary/aromatic N) is 2. The van der Waals surface area contributed by atoms with Crippen LogP contribution in [0, 0.1) is 5.92 Å². The molecule has 0 aliphatic rings. The third-order valence-corrected chi connectivity index (χ3v) is 5.67. The second kappa shape index (κ2) is 8.50. The molecule has 2 aromatic rings. The first-order valence-electron chi connectivity index (χ1n) is 7.08. The zero-order valence-electron chi connectivity index (χ0n) is 12.8. The molecule has 0 aliphatic heterocycles. The molecule has 0 spiro atoms. The van der Waals surface area contributed by atoms with Crippen molar-refractivity contribution in [3.63, 3.8) is 0 Å². The predicted molar refractivity (Wildman–Crippen MR) is 94.7 cm³/mol. The van der Waals surface area contributed by atoms with Crippen molar-refractivity contribution >= 4 is 45.5 Å². The maximum atomic E-state index is 12.1. The molecule has 0 fully saturated rings. The Hall–Kier alpha value is -1.12. The third-order valence-electron chi connectivity index (χ3n) is 2.73. The number of hydrogen-bond acceptors (Lipinski definition) is 7. The SMILES string of the molecule is CC(C)CNc1nnc(SC(C)C(=O)NCc2cccs2)s1. The summed E-state index contributed by atoms with van der Waals surface area (Å²) in [6, 6.07) is 4.00. The van der Waals surface area contributed by atoms with E-state index in [1.54, 1.807) is 11.3 Å². The fraction of sp³-hybridized carbons (Fsp3) is 0.500. The summed E-state index contributed by atoms with van der Waals surface area (Å²) in [5.41, 5.74) is 0. The smallest absolute Gasteiger partial charge is 0.233 e. The van der Waals surface area contributed by atoms with E-state index >= 15 is 0 Å². The molecule has 0 bridgehead atoms. The van der Waals surface area contributed by atoms with E-state index in [-0.39, 0.29) is 11.2 Å². The topological polar surface area (TPSA) is 66.9 Å². The van der Waals surface area contributed by atoms with Gasteiger partial charge in [-0.25, -0.2) is 0 Å². The fourth-order valence-electron chi connectivity index (χ4n) is 1.56.